The van der Waals surface area contributed by atoms with Crippen LogP contribution in [0.3, 0.4) is 0 Å². The molecule has 0 bridgehead atoms. The molecule has 11 heteroatoms. The topological polar surface area (TPSA) is 101 Å². The van der Waals surface area contributed by atoms with Crippen LogP contribution in [0.25, 0.3) is 11.1 Å². The van der Waals surface area contributed by atoms with E-state index in [-0.39, 0.29) is 43.1 Å². The summed E-state index contributed by atoms with van der Waals surface area (Å²) in [6.45, 7) is 1.12. The standard InChI is InChI=1S/C47H36Cl2FN3O5/c48-40-18-5-31(21-41(40)49)27-56-39-16-12-34(13-17-39)45-28-57-43-23-36-22-42(53(26-37(36)24-44(43)58-45)47(55)35-10-14-38(50)15-11-35)46(54)52-20-19-29-1-6-32(7-2-29)33-8-3-30(25-51)4-9-33/h1-18,21,23-24,42,45H,19-20,22,26-28H2,(H,52,54). The van der Waals surface area contributed by atoms with Crippen LogP contribution in [0, 0.1) is 17.1 Å². The third-order valence-corrected chi connectivity index (χ3v) is 11.1. The second kappa shape index (κ2) is 17.0. The lowest BCUT2D eigenvalue weighted by atomic mass is 9.91. The molecule has 0 saturated heterocycles. The van der Waals surface area contributed by atoms with Crippen molar-refractivity contribution >= 4 is 35.0 Å². The molecule has 0 aliphatic carbocycles. The predicted octanol–water partition coefficient (Wildman–Crippen LogP) is 9.69. The molecule has 6 aromatic carbocycles. The van der Waals surface area contributed by atoms with Crippen LogP contribution in [0.15, 0.2) is 127 Å². The summed E-state index contributed by atoms with van der Waals surface area (Å²) < 4.78 is 32.4. The molecule has 2 aliphatic rings. The van der Waals surface area contributed by atoms with Crippen molar-refractivity contribution in [2.75, 3.05) is 13.2 Å². The Kier molecular flexibility index (Phi) is 11.3. The van der Waals surface area contributed by atoms with Crippen molar-refractivity contribution in [2.45, 2.75) is 38.1 Å². The number of benzene rings is 6. The van der Waals surface area contributed by atoms with Gasteiger partial charge in [-0.3, -0.25) is 9.59 Å². The Labute approximate surface area is 345 Å². The Balaban J connectivity index is 0.942. The first-order valence-electron chi connectivity index (χ1n) is 18.8. The van der Waals surface area contributed by atoms with Gasteiger partial charge in [0.15, 0.2) is 17.6 Å². The Bertz CT molecular complexity index is 2510. The van der Waals surface area contributed by atoms with Crippen molar-refractivity contribution in [2.24, 2.45) is 0 Å². The van der Waals surface area contributed by atoms with Gasteiger partial charge in [0.1, 0.15) is 30.8 Å². The SMILES string of the molecule is N#Cc1ccc(-c2ccc(CCNC(=O)C3Cc4cc5c(cc4CN3C(=O)c3ccc(F)cc3)OC(c3ccc(OCc4ccc(Cl)c(Cl)c4)cc3)CO5)cc2)cc1. The molecule has 0 saturated carbocycles. The van der Waals surface area contributed by atoms with Crippen LogP contribution in [0.5, 0.6) is 17.2 Å². The number of hydrogen-bond donors (Lipinski definition) is 1. The van der Waals surface area contributed by atoms with Gasteiger partial charge in [-0.2, -0.15) is 5.26 Å². The van der Waals surface area contributed by atoms with E-state index >= 15 is 0 Å². The number of nitriles is 1. The molecule has 2 amide bonds. The molecule has 0 aromatic heterocycles. The number of fused-ring (bicyclic) bond motifs is 2. The van der Waals surface area contributed by atoms with Crippen LogP contribution in [0.1, 0.15) is 49.8 Å². The third kappa shape index (κ3) is 8.64. The molecular formula is C47H36Cl2FN3O5. The molecule has 0 fully saturated rings. The maximum atomic E-state index is 14.0. The zero-order valence-electron chi connectivity index (χ0n) is 31.1. The smallest absolute Gasteiger partial charge is 0.254 e. The van der Waals surface area contributed by atoms with E-state index in [4.69, 9.17) is 42.7 Å². The van der Waals surface area contributed by atoms with Gasteiger partial charge in [-0.1, -0.05) is 77.8 Å². The number of nitrogens with zero attached hydrogens (tertiary/aromatic N) is 2. The average molecular weight is 813 g/mol. The number of halogens is 3. The first-order valence-corrected chi connectivity index (χ1v) is 19.5. The van der Waals surface area contributed by atoms with Crippen LogP contribution in [0.2, 0.25) is 10.0 Å². The molecule has 8 rings (SSSR count). The number of amides is 2. The molecule has 58 heavy (non-hydrogen) atoms. The van der Waals surface area contributed by atoms with Gasteiger partial charge < -0.3 is 24.4 Å². The van der Waals surface area contributed by atoms with Crippen LogP contribution >= 0.6 is 23.2 Å². The van der Waals surface area contributed by atoms with Crippen molar-refractivity contribution in [3.63, 3.8) is 0 Å². The minimum absolute atomic E-state index is 0.145. The van der Waals surface area contributed by atoms with Crippen LogP contribution in [-0.2, 0) is 30.8 Å². The van der Waals surface area contributed by atoms with Gasteiger partial charge in [0.25, 0.3) is 5.91 Å². The highest BCUT2D eigenvalue weighted by Crippen LogP contribution is 2.41. The molecule has 0 radical (unpaired) electrons. The van der Waals surface area contributed by atoms with E-state index in [2.05, 4.69) is 11.4 Å². The first kappa shape index (κ1) is 38.5. The van der Waals surface area contributed by atoms with Gasteiger partial charge in [0.05, 0.1) is 21.7 Å². The molecule has 2 atom stereocenters. The second-order valence-corrected chi connectivity index (χ2v) is 15.0. The number of ether oxygens (including phenoxy) is 3. The van der Waals surface area contributed by atoms with Gasteiger partial charge in [-0.25, -0.2) is 4.39 Å². The maximum absolute atomic E-state index is 14.0. The summed E-state index contributed by atoms with van der Waals surface area (Å²) in [6.07, 6.45) is 0.459. The first-order chi connectivity index (χ1) is 28.2. The number of rotatable bonds is 10. The van der Waals surface area contributed by atoms with Gasteiger partial charge in [-0.05, 0) is 118 Å². The van der Waals surface area contributed by atoms with E-state index in [9.17, 15) is 14.0 Å². The second-order valence-electron chi connectivity index (χ2n) is 14.2. The minimum atomic E-state index is -0.809. The summed E-state index contributed by atoms with van der Waals surface area (Å²) in [6, 6.07) is 38.9. The van der Waals surface area contributed by atoms with Gasteiger partial charge in [0.2, 0.25) is 5.91 Å². The van der Waals surface area contributed by atoms with Crippen LogP contribution < -0.4 is 19.5 Å². The molecule has 1 N–H and O–H groups in total. The average Bonchev–Trinajstić information content (AvgIpc) is 3.26. The van der Waals surface area contributed by atoms with E-state index in [1.54, 1.807) is 29.2 Å². The van der Waals surface area contributed by atoms with Crippen molar-refractivity contribution < 1.29 is 28.2 Å². The number of carbonyl (C=O) groups is 2. The largest absolute Gasteiger partial charge is 0.489 e. The molecule has 2 heterocycles. The normalized spacial score (nSPS) is 15.5. The summed E-state index contributed by atoms with van der Waals surface area (Å²) >= 11 is 12.2. The lowest BCUT2D eigenvalue weighted by molar-refractivity contribution is -0.126. The lowest BCUT2D eigenvalue weighted by Crippen LogP contribution is -2.52. The Hall–Kier alpha value is -6.34. The zero-order valence-corrected chi connectivity index (χ0v) is 32.6. The molecule has 0 spiro atoms. The quantitative estimate of drug-likeness (QED) is 0.148. The summed E-state index contributed by atoms with van der Waals surface area (Å²) in [5.74, 6) is 0.674. The van der Waals surface area contributed by atoms with Gasteiger partial charge >= 0.3 is 0 Å². The number of carbonyl (C=O) groups excluding carboxylic acids is 2. The van der Waals surface area contributed by atoms with Crippen LogP contribution in [-0.4, -0.2) is 35.9 Å². The Morgan fingerprint density at radius 2 is 1.50 bits per heavy atom. The van der Waals surface area contributed by atoms with Gasteiger partial charge in [-0.15, -0.1) is 0 Å². The Morgan fingerprint density at radius 3 is 2.21 bits per heavy atom. The fraction of sp³-hybridized carbons (Fsp3) is 0.170. The van der Waals surface area contributed by atoms with Gasteiger partial charge in [0, 0.05) is 25.1 Å². The van der Waals surface area contributed by atoms with E-state index in [0.29, 0.717) is 52.4 Å². The van der Waals surface area contributed by atoms with E-state index in [0.717, 1.165) is 38.9 Å². The molecule has 2 unspecified atom stereocenters. The summed E-state index contributed by atoms with van der Waals surface area (Å²) in [5.41, 5.74) is 7.47. The summed E-state index contributed by atoms with van der Waals surface area (Å²) in [4.78, 5) is 29.4. The van der Waals surface area contributed by atoms with Crippen molar-refractivity contribution in [1.82, 2.24) is 10.2 Å². The minimum Gasteiger partial charge on any atom is -0.489 e. The van der Waals surface area contributed by atoms with Crippen LogP contribution in [0.4, 0.5) is 4.39 Å². The fourth-order valence-electron chi connectivity index (χ4n) is 7.15. The fourth-order valence-corrected chi connectivity index (χ4v) is 7.47. The Morgan fingerprint density at radius 1 is 0.810 bits per heavy atom. The lowest BCUT2D eigenvalue weighted by Gasteiger charge is -2.37. The van der Waals surface area contributed by atoms with E-state index in [1.807, 2.05) is 78.9 Å². The molecular weight excluding hydrogens is 776 g/mol. The third-order valence-electron chi connectivity index (χ3n) is 10.4. The van der Waals surface area contributed by atoms with Crippen molar-refractivity contribution in [3.8, 4) is 34.4 Å². The molecule has 6 aromatic rings. The zero-order chi connectivity index (χ0) is 40.2. The van der Waals surface area contributed by atoms with E-state index < -0.39 is 11.9 Å². The van der Waals surface area contributed by atoms with Crippen molar-refractivity contribution in [1.29, 1.82) is 5.26 Å². The summed E-state index contributed by atoms with van der Waals surface area (Å²) in [7, 11) is 0. The summed E-state index contributed by atoms with van der Waals surface area (Å²) in [5, 5.41) is 13.1. The highest BCUT2D eigenvalue weighted by atomic mass is 35.5. The molecule has 290 valence electrons. The predicted molar refractivity (Wildman–Crippen MR) is 220 cm³/mol. The molecule has 2 aliphatic heterocycles. The number of hydrogen-bond acceptors (Lipinski definition) is 6. The highest BCUT2D eigenvalue weighted by Gasteiger charge is 2.37. The molecule has 8 nitrogen and oxygen atoms in total. The van der Waals surface area contributed by atoms with E-state index in [1.165, 1.54) is 24.3 Å². The maximum Gasteiger partial charge on any atom is 0.254 e. The highest BCUT2D eigenvalue weighted by molar-refractivity contribution is 6.42. The van der Waals surface area contributed by atoms with Crippen molar-refractivity contribution in [3.05, 3.63) is 182 Å². The number of nitrogens with one attached hydrogen (secondary N) is 1. The monoisotopic (exact) mass is 811 g/mol.